The molecule has 0 aliphatic heterocycles. The van der Waals surface area contributed by atoms with Crippen LogP contribution in [-0.2, 0) is 16.0 Å². The van der Waals surface area contributed by atoms with Crippen LogP contribution in [0.1, 0.15) is 19.8 Å². The molecule has 0 spiro atoms. The fourth-order valence-electron chi connectivity index (χ4n) is 2.03. The number of hydrogen-bond acceptors (Lipinski definition) is 4. The minimum atomic E-state index is 0.290. The first-order chi connectivity index (χ1) is 10.2. The average molecular weight is 515 g/mol. The summed E-state index contributed by atoms with van der Waals surface area (Å²) < 4.78 is 13.2. The predicted molar refractivity (Wildman–Crippen MR) is 99.5 cm³/mol. The molecule has 0 bridgehead atoms. The number of methoxy groups -OCH3 is 1. The molecule has 2 rings (SSSR count). The van der Waals surface area contributed by atoms with Crippen LogP contribution in [-0.4, -0.2) is 41.4 Å². The molecular formula is C14H19I2N3O2. The average Bonchev–Trinajstić information content (AvgIpc) is 2.92. The summed E-state index contributed by atoms with van der Waals surface area (Å²) in [6, 6.07) is 4.13. The van der Waals surface area contributed by atoms with Crippen molar-refractivity contribution in [3.8, 4) is 0 Å². The molecule has 0 fully saturated rings. The first-order valence-corrected chi connectivity index (χ1v) is 9.10. The second-order valence-corrected chi connectivity index (χ2v) is 7.01. The molecule has 1 unspecified atom stereocenters. The van der Waals surface area contributed by atoms with Gasteiger partial charge in [-0.2, -0.15) is 15.0 Å². The van der Waals surface area contributed by atoms with E-state index < -0.39 is 0 Å². The molecule has 0 aliphatic rings. The van der Waals surface area contributed by atoms with Crippen molar-refractivity contribution in [3.63, 3.8) is 0 Å². The minimum absolute atomic E-state index is 0.290. The van der Waals surface area contributed by atoms with E-state index >= 15 is 0 Å². The molecule has 5 nitrogen and oxygen atoms in total. The summed E-state index contributed by atoms with van der Waals surface area (Å²) in [6.07, 6.45) is 2.23. The first-order valence-electron chi connectivity index (χ1n) is 6.95. The zero-order valence-electron chi connectivity index (χ0n) is 12.2. The quantitative estimate of drug-likeness (QED) is 0.400. The maximum atomic E-state index is 5.64. The first kappa shape index (κ1) is 17.4. The standard InChI is InChI=1S/C14H19I2N3O2/c1-3-10(20-2)6-8-21-9-7-19-17-13-11(15)4-5-12(16)14(13)18-19/h4-5,10H,3,6-9H2,1-2H3. The van der Waals surface area contributed by atoms with Crippen molar-refractivity contribution in [2.24, 2.45) is 0 Å². The van der Waals surface area contributed by atoms with Crippen LogP contribution in [0.25, 0.3) is 11.0 Å². The normalized spacial score (nSPS) is 13.0. The lowest BCUT2D eigenvalue weighted by Gasteiger charge is -2.12. The Kier molecular flexibility index (Phi) is 7.10. The van der Waals surface area contributed by atoms with Crippen LogP contribution >= 0.6 is 45.2 Å². The summed E-state index contributed by atoms with van der Waals surface area (Å²) in [5.74, 6) is 0. The third-order valence-corrected chi connectivity index (χ3v) is 5.03. The third kappa shape index (κ3) is 4.73. The number of fused-ring (bicyclic) bond motifs is 1. The van der Waals surface area contributed by atoms with Crippen LogP contribution < -0.4 is 0 Å². The van der Waals surface area contributed by atoms with Gasteiger partial charge in [0.1, 0.15) is 11.0 Å². The third-order valence-electron chi connectivity index (χ3n) is 3.29. The molecule has 2 aromatic rings. The van der Waals surface area contributed by atoms with E-state index in [0.29, 0.717) is 25.9 Å². The van der Waals surface area contributed by atoms with Gasteiger partial charge < -0.3 is 9.47 Å². The molecule has 116 valence electrons. The molecule has 0 amide bonds. The highest BCUT2D eigenvalue weighted by Gasteiger charge is 2.09. The monoisotopic (exact) mass is 515 g/mol. The van der Waals surface area contributed by atoms with Gasteiger partial charge in [-0.15, -0.1) is 0 Å². The Labute approximate surface area is 152 Å². The number of aromatic nitrogens is 3. The van der Waals surface area contributed by atoms with E-state index in [1.54, 1.807) is 11.9 Å². The van der Waals surface area contributed by atoms with Gasteiger partial charge in [-0.25, -0.2) is 0 Å². The Morgan fingerprint density at radius 1 is 1.14 bits per heavy atom. The number of ether oxygens (including phenoxy) is 2. The molecule has 0 saturated heterocycles. The van der Waals surface area contributed by atoms with E-state index in [0.717, 1.165) is 31.0 Å². The van der Waals surface area contributed by atoms with E-state index in [1.165, 1.54) is 0 Å². The van der Waals surface area contributed by atoms with Gasteiger partial charge in [0, 0.05) is 20.9 Å². The summed E-state index contributed by atoms with van der Waals surface area (Å²) in [5, 5.41) is 9.05. The summed E-state index contributed by atoms with van der Waals surface area (Å²) in [7, 11) is 1.75. The number of nitrogens with zero attached hydrogens (tertiary/aromatic N) is 3. The molecule has 7 heteroatoms. The lowest BCUT2D eigenvalue weighted by Crippen LogP contribution is -2.14. The Morgan fingerprint density at radius 2 is 1.76 bits per heavy atom. The van der Waals surface area contributed by atoms with Crippen molar-refractivity contribution in [3.05, 3.63) is 19.3 Å². The van der Waals surface area contributed by atoms with Gasteiger partial charge in [0.2, 0.25) is 0 Å². The van der Waals surface area contributed by atoms with Crippen LogP contribution in [0.5, 0.6) is 0 Å². The van der Waals surface area contributed by atoms with Gasteiger partial charge in [-0.1, -0.05) is 6.92 Å². The molecule has 1 aromatic carbocycles. The highest BCUT2D eigenvalue weighted by atomic mass is 127. The Bertz CT molecular complexity index is 546. The molecule has 0 saturated carbocycles. The molecule has 1 atom stereocenters. The Balaban J connectivity index is 1.84. The lowest BCUT2D eigenvalue weighted by atomic mass is 10.2. The topological polar surface area (TPSA) is 49.2 Å². The Morgan fingerprint density at radius 3 is 2.29 bits per heavy atom. The van der Waals surface area contributed by atoms with E-state index in [4.69, 9.17) is 9.47 Å². The van der Waals surface area contributed by atoms with Crippen molar-refractivity contribution in [2.75, 3.05) is 20.3 Å². The smallest absolute Gasteiger partial charge is 0.127 e. The van der Waals surface area contributed by atoms with Crippen LogP contribution in [0.3, 0.4) is 0 Å². The molecule has 1 heterocycles. The predicted octanol–water partition coefficient (Wildman–Crippen LogP) is 3.47. The fraction of sp³-hybridized carbons (Fsp3) is 0.571. The van der Waals surface area contributed by atoms with E-state index in [-0.39, 0.29) is 0 Å². The van der Waals surface area contributed by atoms with Gasteiger partial charge in [0.05, 0.1) is 19.3 Å². The highest BCUT2D eigenvalue weighted by molar-refractivity contribution is 14.1. The highest BCUT2D eigenvalue weighted by Crippen LogP contribution is 2.22. The van der Waals surface area contributed by atoms with Crippen LogP contribution in [0.4, 0.5) is 0 Å². The van der Waals surface area contributed by atoms with Crippen molar-refractivity contribution < 1.29 is 9.47 Å². The van der Waals surface area contributed by atoms with Gasteiger partial charge in [0.25, 0.3) is 0 Å². The zero-order chi connectivity index (χ0) is 15.2. The SMILES string of the molecule is CCC(CCOCCn1nc2c(I)ccc(I)c2n1)OC. The maximum absolute atomic E-state index is 5.64. The second kappa shape index (κ2) is 8.59. The van der Waals surface area contributed by atoms with Gasteiger partial charge in [0.15, 0.2) is 0 Å². The number of hydrogen-bond donors (Lipinski definition) is 0. The van der Waals surface area contributed by atoms with Gasteiger partial charge in [-0.05, 0) is 70.2 Å². The zero-order valence-corrected chi connectivity index (χ0v) is 16.5. The van der Waals surface area contributed by atoms with Gasteiger partial charge >= 0.3 is 0 Å². The molecule has 21 heavy (non-hydrogen) atoms. The minimum Gasteiger partial charge on any atom is -0.381 e. The largest absolute Gasteiger partial charge is 0.381 e. The van der Waals surface area contributed by atoms with Crippen LogP contribution in [0, 0.1) is 7.14 Å². The second-order valence-electron chi connectivity index (χ2n) is 4.69. The Hall–Kier alpha value is -0.000000000000000132. The summed E-state index contributed by atoms with van der Waals surface area (Å²) in [6.45, 7) is 4.12. The number of halogens is 2. The van der Waals surface area contributed by atoms with Crippen LogP contribution in [0.15, 0.2) is 12.1 Å². The fourth-order valence-corrected chi connectivity index (χ4v) is 3.11. The lowest BCUT2D eigenvalue weighted by molar-refractivity contribution is 0.0465. The molecule has 1 aromatic heterocycles. The summed E-state index contributed by atoms with van der Waals surface area (Å²) >= 11 is 4.58. The molecule has 0 radical (unpaired) electrons. The van der Waals surface area contributed by atoms with Crippen molar-refractivity contribution in [1.29, 1.82) is 0 Å². The summed E-state index contributed by atoms with van der Waals surface area (Å²) in [4.78, 5) is 1.72. The van der Waals surface area contributed by atoms with Crippen molar-refractivity contribution >= 4 is 56.2 Å². The maximum Gasteiger partial charge on any atom is 0.127 e. The van der Waals surface area contributed by atoms with E-state index in [1.807, 2.05) is 0 Å². The van der Waals surface area contributed by atoms with Crippen molar-refractivity contribution in [2.45, 2.75) is 32.4 Å². The molecule has 0 aliphatic carbocycles. The molecule has 0 N–H and O–H groups in total. The van der Waals surface area contributed by atoms with E-state index in [9.17, 15) is 0 Å². The van der Waals surface area contributed by atoms with Crippen LogP contribution in [0.2, 0.25) is 0 Å². The van der Waals surface area contributed by atoms with E-state index in [2.05, 4.69) is 74.4 Å². The summed E-state index contributed by atoms with van der Waals surface area (Å²) in [5.41, 5.74) is 1.93. The van der Waals surface area contributed by atoms with Crippen molar-refractivity contribution in [1.82, 2.24) is 15.0 Å². The number of rotatable bonds is 8. The van der Waals surface area contributed by atoms with Gasteiger partial charge in [-0.3, -0.25) is 0 Å². The number of benzene rings is 1. The molecular weight excluding hydrogens is 496 g/mol.